The molecule has 0 aromatic heterocycles. The molecule has 0 aliphatic carbocycles. The number of hydrogen-bond donors (Lipinski definition) is 3. The number of carbonyl (C=O) groups excluding carboxylic acids is 2. The van der Waals surface area contributed by atoms with E-state index in [-0.39, 0.29) is 24.3 Å². The molecule has 19 heavy (non-hydrogen) atoms. The van der Waals surface area contributed by atoms with E-state index in [4.69, 9.17) is 17.3 Å². The summed E-state index contributed by atoms with van der Waals surface area (Å²) in [6.07, 6.45) is 0. The summed E-state index contributed by atoms with van der Waals surface area (Å²) in [6.45, 7) is 3.57. The normalized spacial score (nSPS) is 12.1. The van der Waals surface area contributed by atoms with Crippen molar-refractivity contribution in [1.82, 2.24) is 5.32 Å². The summed E-state index contributed by atoms with van der Waals surface area (Å²) in [7, 11) is 0. The zero-order valence-electron chi connectivity index (χ0n) is 10.9. The van der Waals surface area contributed by atoms with Crippen LogP contribution < -0.4 is 16.4 Å². The molecule has 0 saturated carbocycles. The largest absolute Gasteiger partial charge is 0.346 e. The molecule has 2 amide bonds. The van der Waals surface area contributed by atoms with Crippen LogP contribution in [-0.2, 0) is 9.59 Å². The first-order valence-corrected chi connectivity index (χ1v) is 6.36. The first kappa shape index (κ1) is 15.5. The minimum atomic E-state index is -0.612. The van der Waals surface area contributed by atoms with E-state index < -0.39 is 6.04 Å². The third kappa shape index (κ3) is 5.28. The number of halogens is 1. The molecule has 1 aromatic rings. The van der Waals surface area contributed by atoms with Crippen molar-refractivity contribution in [2.45, 2.75) is 19.9 Å². The van der Waals surface area contributed by atoms with Crippen LogP contribution in [0.1, 0.15) is 13.8 Å². The first-order valence-electron chi connectivity index (χ1n) is 5.99. The van der Waals surface area contributed by atoms with Crippen LogP contribution in [0.2, 0.25) is 5.02 Å². The van der Waals surface area contributed by atoms with E-state index in [9.17, 15) is 9.59 Å². The van der Waals surface area contributed by atoms with Gasteiger partial charge in [-0.3, -0.25) is 9.59 Å². The fraction of sp³-hybridized carbons (Fsp3) is 0.385. The van der Waals surface area contributed by atoms with Gasteiger partial charge in [0.15, 0.2) is 0 Å². The van der Waals surface area contributed by atoms with Gasteiger partial charge in [0, 0.05) is 10.7 Å². The lowest BCUT2D eigenvalue weighted by atomic mass is 10.1. The van der Waals surface area contributed by atoms with Gasteiger partial charge in [0.05, 0.1) is 12.6 Å². The Kier molecular flexibility index (Phi) is 5.79. The lowest BCUT2D eigenvalue weighted by Gasteiger charge is -2.15. The molecule has 0 heterocycles. The Hall–Kier alpha value is -1.59. The maximum Gasteiger partial charge on any atom is 0.243 e. The topological polar surface area (TPSA) is 84.2 Å². The van der Waals surface area contributed by atoms with Crippen LogP contribution in [0.3, 0.4) is 0 Å². The Morgan fingerprint density at radius 3 is 2.63 bits per heavy atom. The molecule has 104 valence electrons. The Morgan fingerprint density at radius 2 is 2.05 bits per heavy atom. The Morgan fingerprint density at radius 1 is 1.37 bits per heavy atom. The van der Waals surface area contributed by atoms with Gasteiger partial charge in [-0.1, -0.05) is 31.5 Å². The fourth-order valence-corrected chi connectivity index (χ4v) is 1.55. The zero-order valence-corrected chi connectivity index (χ0v) is 11.7. The molecule has 0 fully saturated rings. The summed E-state index contributed by atoms with van der Waals surface area (Å²) in [5, 5.41) is 5.65. The molecule has 6 heteroatoms. The van der Waals surface area contributed by atoms with Crippen LogP contribution in [0.5, 0.6) is 0 Å². The molecule has 1 atom stereocenters. The standard InChI is InChI=1S/C13H18ClN3O2/c1-8(2)12(15)13(19)16-7-11(18)17-10-5-3-4-9(14)6-10/h3-6,8,12H,7,15H2,1-2H3,(H,16,19)(H,17,18)/t12-/m0/s1. The van der Waals surface area contributed by atoms with E-state index in [2.05, 4.69) is 10.6 Å². The summed E-state index contributed by atoms with van der Waals surface area (Å²) < 4.78 is 0. The van der Waals surface area contributed by atoms with Gasteiger partial charge >= 0.3 is 0 Å². The fourth-order valence-electron chi connectivity index (χ4n) is 1.36. The van der Waals surface area contributed by atoms with Crippen LogP contribution in [0, 0.1) is 5.92 Å². The van der Waals surface area contributed by atoms with E-state index in [1.165, 1.54) is 0 Å². The minimum Gasteiger partial charge on any atom is -0.346 e. The van der Waals surface area contributed by atoms with Crippen molar-refractivity contribution in [2.24, 2.45) is 11.7 Å². The second-order valence-corrected chi connectivity index (χ2v) is 4.98. The van der Waals surface area contributed by atoms with Crippen LogP contribution in [-0.4, -0.2) is 24.4 Å². The van der Waals surface area contributed by atoms with Gasteiger partial charge in [0.1, 0.15) is 0 Å². The van der Waals surface area contributed by atoms with E-state index >= 15 is 0 Å². The molecular formula is C13H18ClN3O2. The van der Waals surface area contributed by atoms with Gasteiger partial charge in [0.2, 0.25) is 11.8 Å². The second-order valence-electron chi connectivity index (χ2n) is 4.55. The molecule has 0 aliphatic heterocycles. The van der Waals surface area contributed by atoms with Crippen LogP contribution in [0.25, 0.3) is 0 Å². The van der Waals surface area contributed by atoms with Crippen LogP contribution in [0.4, 0.5) is 5.69 Å². The van der Waals surface area contributed by atoms with Crippen LogP contribution >= 0.6 is 11.6 Å². The van der Waals surface area contributed by atoms with Crippen molar-refractivity contribution in [2.75, 3.05) is 11.9 Å². The number of amides is 2. The Labute approximate surface area is 117 Å². The van der Waals surface area contributed by atoms with Gasteiger partial charge < -0.3 is 16.4 Å². The molecule has 1 rings (SSSR count). The van der Waals surface area contributed by atoms with Crippen molar-refractivity contribution in [3.8, 4) is 0 Å². The van der Waals surface area contributed by atoms with Crippen molar-refractivity contribution in [1.29, 1.82) is 0 Å². The number of nitrogens with two attached hydrogens (primary N) is 1. The summed E-state index contributed by atoms with van der Waals surface area (Å²) in [4.78, 5) is 23.2. The highest BCUT2D eigenvalue weighted by molar-refractivity contribution is 6.30. The van der Waals surface area contributed by atoms with Gasteiger partial charge in [0.25, 0.3) is 0 Å². The van der Waals surface area contributed by atoms with Gasteiger partial charge in [-0.25, -0.2) is 0 Å². The highest BCUT2D eigenvalue weighted by Gasteiger charge is 2.17. The molecule has 0 spiro atoms. The Balaban J connectivity index is 2.42. The number of benzene rings is 1. The SMILES string of the molecule is CC(C)[C@H](N)C(=O)NCC(=O)Nc1cccc(Cl)c1. The molecule has 0 radical (unpaired) electrons. The molecule has 5 nitrogen and oxygen atoms in total. The lowest BCUT2D eigenvalue weighted by molar-refractivity contribution is -0.125. The number of hydrogen-bond acceptors (Lipinski definition) is 3. The van der Waals surface area contributed by atoms with Crippen molar-refractivity contribution in [3.63, 3.8) is 0 Å². The van der Waals surface area contributed by atoms with Gasteiger partial charge in [-0.15, -0.1) is 0 Å². The van der Waals surface area contributed by atoms with Crippen molar-refractivity contribution >= 4 is 29.1 Å². The second kappa shape index (κ2) is 7.11. The van der Waals surface area contributed by atoms with Gasteiger partial charge in [-0.05, 0) is 24.1 Å². The quantitative estimate of drug-likeness (QED) is 0.763. The molecule has 0 aliphatic rings. The van der Waals surface area contributed by atoms with E-state index in [0.29, 0.717) is 10.7 Å². The predicted molar refractivity (Wildman–Crippen MR) is 75.9 cm³/mol. The lowest BCUT2D eigenvalue weighted by Crippen LogP contribution is -2.46. The molecule has 0 unspecified atom stereocenters. The maximum absolute atomic E-state index is 11.6. The van der Waals surface area contributed by atoms with Crippen molar-refractivity contribution < 1.29 is 9.59 Å². The van der Waals surface area contributed by atoms with E-state index in [0.717, 1.165) is 0 Å². The smallest absolute Gasteiger partial charge is 0.243 e. The van der Waals surface area contributed by atoms with Crippen LogP contribution in [0.15, 0.2) is 24.3 Å². The summed E-state index contributed by atoms with van der Waals surface area (Å²) in [6, 6.07) is 6.16. The van der Waals surface area contributed by atoms with Gasteiger partial charge in [-0.2, -0.15) is 0 Å². The zero-order chi connectivity index (χ0) is 14.4. The highest BCUT2D eigenvalue weighted by atomic mass is 35.5. The maximum atomic E-state index is 11.6. The molecule has 4 N–H and O–H groups in total. The molecule has 1 aromatic carbocycles. The number of nitrogens with one attached hydrogen (secondary N) is 2. The number of carbonyl (C=O) groups is 2. The molecule has 0 saturated heterocycles. The monoisotopic (exact) mass is 283 g/mol. The predicted octanol–water partition coefficient (Wildman–Crippen LogP) is 1.38. The third-order valence-corrected chi connectivity index (χ3v) is 2.79. The Bertz CT molecular complexity index is 463. The average Bonchev–Trinajstić information content (AvgIpc) is 2.34. The summed E-state index contributed by atoms with van der Waals surface area (Å²) in [5.74, 6) is -0.640. The third-order valence-electron chi connectivity index (χ3n) is 2.55. The number of rotatable bonds is 5. The van der Waals surface area contributed by atoms with Crippen molar-refractivity contribution in [3.05, 3.63) is 29.3 Å². The average molecular weight is 284 g/mol. The summed E-state index contributed by atoms with van der Waals surface area (Å²) >= 11 is 5.79. The first-order chi connectivity index (χ1) is 8.90. The number of anilines is 1. The summed E-state index contributed by atoms with van der Waals surface area (Å²) in [5.41, 5.74) is 6.24. The minimum absolute atomic E-state index is 0.0241. The highest BCUT2D eigenvalue weighted by Crippen LogP contribution is 2.14. The van der Waals surface area contributed by atoms with E-state index in [1.807, 2.05) is 13.8 Å². The molecule has 0 bridgehead atoms. The van der Waals surface area contributed by atoms with E-state index in [1.54, 1.807) is 24.3 Å². The molecular weight excluding hydrogens is 266 g/mol.